The molecule has 4 heteroatoms. The van der Waals surface area contributed by atoms with Crippen LogP contribution in [-0.4, -0.2) is 41.1 Å². The molecule has 0 aliphatic heterocycles. The summed E-state index contributed by atoms with van der Waals surface area (Å²) in [6.07, 6.45) is 7.83. The second-order valence-corrected chi connectivity index (χ2v) is 5.60. The van der Waals surface area contributed by atoms with Gasteiger partial charge in [-0.25, -0.2) is 0 Å². The number of nitrogens with two attached hydrogens (primary N) is 1. The summed E-state index contributed by atoms with van der Waals surface area (Å²) in [7, 11) is 2.18. The zero-order valence-corrected chi connectivity index (χ0v) is 11.1. The van der Waals surface area contributed by atoms with Crippen molar-refractivity contribution in [2.24, 2.45) is 5.73 Å². The molecule has 0 aromatic rings. The standard InChI is InChI=1S/C13H26N2O2/c1-13(14,12(16)17)9-5-6-10-15(2)11-7-3-4-8-11/h11H,3-10,14H2,1-2H3,(H,16,17). The normalized spacial score (nSPS) is 20.7. The molecule has 1 fully saturated rings. The Morgan fingerprint density at radius 1 is 1.41 bits per heavy atom. The molecular formula is C13H26N2O2. The van der Waals surface area contributed by atoms with E-state index in [9.17, 15) is 4.79 Å². The number of hydrogen-bond donors (Lipinski definition) is 2. The summed E-state index contributed by atoms with van der Waals surface area (Å²) in [5.74, 6) is -0.901. The van der Waals surface area contributed by atoms with E-state index in [-0.39, 0.29) is 0 Å². The van der Waals surface area contributed by atoms with Crippen molar-refractivity contribution in [2.45, 2.75) is 63.5 Å². The van der Waals surface area contributed by atoms with Crippen LogP contribution in [0.2, 0.25) is 0 Å². The number of hydrogen-bond acceptors (Lipinski definition) is 3. The lowest BCUT2D eigenvalue weighted by molar-refractivity contribution is -0.142. The second kappa shape index (κ2) is 6.36. The van der Waals surface area contributed by atoms with Gasteiger partial charge in [0.2, 0.25) is 0 Å². The Hall–Kier alpha value is -0.610. The number of carbonyl (C=O) groups is 1. The van der Waals surface area contributed by atoms with Crippen LogP contribution in [0.15, 0.2) is 0 Å². The van der Waals surface area contributed by atoms with E-state index in [1.165, 1.54) is 25.7 Å². The van der Waals surface area contributed by atoms with E-state index in [1.54, 1.807) is 6.92 Å². The first kappa shape index (κ1) is 14.5. The maximum atomic E-state index is 10.8. The smallest absolute Gasteiger partial charge is 0.323 e. The van der Waals surface area contributed by atoms with Crippen LogP contribution < -0.4 is 5.73 Å². The summed E-state index contributed by atoms with van der Waals surface area (Å²) in [5.41, 5.74) is 4.62. The highest BCUT2D eigenvalue weighted by Gasteiger charge is 2.27. The molecule has 17 heavy (non-hydrogen) atoms. The number of rotatable bonds is 7. The van der Waals surface area contributed by atoms with Gasteiger partial charge in [-0.15, -0.1) is 0 Å². The van der Waals surface area contributed by atoms with E-state index >= 15 is 0 Å². The van der Waals surface area contributed by atoms with Crippen LogP contribution in [-0.2, 0) is 4.79 Å². The first-order chi connectivity index (χ1) is 7.93. The monoisotopic (exact) mass is 242 g/mol. The summed E-state index contributed by atoms with van der Waals surface area (Å²) in [5, 5.41) is 8.89. The van der Waals surface area contributed by atoms with Crippen LogP contribution in [0.1, 0.15) is 51.9 Å². The molecule has 1 unspecified atom stereocenters. The number of unbranched alkanes of at least 4 members (excludes halogenated alkanes) is 1. The fourth-order valence-electron chi connectivity index (χ4n) is 2.49. The van der Waals surface area contributed by atoms with Crippen LogP contribution in [0.5, 0.6) is 0 Å². The van der Waals surface area contributed by atoms with Crippen molar-refractivity contribution in [3.8, 4) is 0 Å². The van der Waals surface area contributed by atoms with Gasteiger partial charge in [-0.05, 0) is 52.6 Å². The summed E-state index contributed by atoms with van der Waals surface area (Å²) in [6.45, 7) is 2.65. The van der Waals surface area contributed by atoms with Crippen LogP contribution in [0.3, 0.4) is 0 Å². The van der Waals surface area contributed by atoms with E-state index < -0.39 is 11.5 Å². The molecule has 0 bridgehead atoms. The third kappa shape index (κ3) is 4.64. The Bertz CT molecular complexity index is 248. The second-order valence-electron chi connectivity index (χ2n) is 5.60. The van der Waals surface area contributed by atoms with Crippen molar-refractivity contribution in [3.05, 3.63) is 0 Å². The highest BCUT2D eigenvalue weighted by Crippen LogP contribution is 2.22. The molecule has 1 saturated carbocycles. The highest BCUT2D eigenvalue weighted by atomic mass is 16.4. The Labute approximate surface area is 104 Å². The molecule has 1 rings (SSSR count). The van der Waals surface area contributed by atoms with E-state index in [0.29, 0.717) is 6.42 Å². The predicted molar refractivity (Wildman–Crippen MR) is 69.0 cm³/mol. The number of nitrogens with zero attached hydrogens (tertiary/aromatic N) is 1. The summed E-state index contributed by atoms with van der Waals surface area (Å²) in [6, 6.07) is 0.749. The summed E-state index contributed by atoms with van der Waals surface area (Å²) >= 11 is 0. The van der Waals surface area contributed by atoms with Gasteiger partial charge in [0.1, 0.15) is 5.54 Å². The highest BCUT2D eigenvalue weighted by molar-refractivity contribution is 5.77. The lowest BCUT2D eigenvalue weighted by atomic mass is 9.96. The summed E-state index contributed by atoms with van der Waals surface area (Å²) in [4.78, 5) is 13.2. The first-order valence-electron chi connectivity index (χ1n) is 6.66. The molecule has 0 amide bonds. The zero-order chi connectivity index (χ0) is 12.9. The van der Waals surface area contributed by atoms with Crippen molar-refractivity contribution in [3.63, 3.8) is 0 Å². The fourth-order valence-corrected chi connectivity index (χ4v) is 2.49. The lowest BCUT2D eigenvalue weighted by Gasteiger charge is -2.24. The van der Waals surface area contributed by atoms with Crippen LogP contribution in [0.25, 0.3) is 0 Å². The van der Waals surface area contributed by atoms with Crippen LogP contribution in [0.4, 0.5) is 0 Å². The van der Waals surface area contributed by atoms with Gasteiger partial charge in [0.05, 0.1) is 0 Å². The number of carboxylic acid groups (broad SMARTS) is 1. The SMILES string of the molecule is CN(CCCCC(C)(N)C(=O)O)C1CCCC1. The molecule has 0 spiro atoms. The van der Waals surface area contributed by atoms with Gasteiger partial charge in [0.15, 0.2) is 0 Å². The molecule has 1 aliphatic carbocycles. The van der Waals surface area contributed by atoms with Crippen molar-refractivity contribution >= 4 is 5.97 Å². The van der Waals surface area contributed by atoms with E-state index in [4.69, 9.17) is 10.8 Å². The van der Waals surface area contributed by atoms with E-state index in [0.717, 1.165) is 25.4 Å². The topological polar surface area (TPSA) is 66.6 Å². The molecule has 1 atom stereocenters. The van der Waals surface area contributed by atoms with Crippen LogP contribution in [0, 0.1) is 0 Å². The van der Waals surface area contributed by atoms with Gasteiger partial charge >= 0.3 is 5.97 Å². The average molecular weight is 242 g/mol. The minimum Gasteiger partial charge on any atom is -0.480 e. The van der Waals surface area contributed by atoms with E-state index in [1.807, 2.05) is 0 Å². The molecule has 0 radical (unpaired) electrons. The van der Waals surface area contributed by atoms with Crippen molar-refractivity contribution in [2.75, 3.05) is 13.6 Å². The number of aliphatic carboxylic acids is 1. The predicted octanol–water partition coefficient (Wildman–Crippen LogP) is 1.83. The maximum absolute atomic E-state index is 10.8. The van der Waals surface area contributed by atoms with E-state index in [2.05, 4.69) is 11.9 Å². The Morgan fingerprint density at radius 3 is 2.53 bits per heavy atom. The average Bonchev–Trinajstić information content (AvgIpc) is 2.77. The van der Waals surface area contributed by atoms with Gasteiger partial charge in [-0.1, -0.05) is 12.8 Å². The Balaban J connectivity index is 2.13. The minimum atomic E-state index is -1.06. The third-order valence-electron chi connectivity index (χ3n) is 3.89. The minimum absolute atomic E-state index is 0.556. The Kier molecular flexibility index (Phi) is 5.40. The molecule has 100 valence electrons. The molecule has 0 aromatic heterocycles. The Morgan fingerprint density at radius 2 is 2.00 bits per heavy atom. The van der Waals surface area contributed by atoms with Gasteiger partial charge in [0.25, 0.3) is 0 Å². The molecule has 4 nitrogen and oxygen atoms in total. The molecule has 3 N–H and O–H groups in total. The lowest BCUT2D eigenvalue weighted by Crippen LogP contribution is -2.44. The van der Waals surface area contributed by atoms with Crippen molar-refractivity contribution in [1.29, 1.82) is 0 Å². The largest absolute Gasteiger partial charge is 0.480 e. The van der Waals surface area contributed by atoms with Gasteiger partial charge in [0, 0.05) is 6.04 Å². The maximum Gasteiger partial charge on any atom is 0.323 e. The van der Waals surface area contributed by atoms with Crippen molar-refractivity contribution < 1.29 is 9.90 Å². The van der Waals surface area contributed by atoms with Crippen LogP contribution >= 0.6 is 0 Å². The van der Waals surface area contributed by atoms with Gasteiger partial charge in [-0.2, -0.15) is 0 Å². The van der Waals surface area contributed by atoms with Gasteiger partial charge < -0.3 is 15.7 Å². The molecular weight excluding hydrogens is 216 g/mol. The molecule has 0 aromatic carbocycles. The summed E-state index contributed by atoms with van der Waals surface area (Å²) < 4.78 is 0. The molecule has 0 heterocycles. The molecule has 0 saturated heterocycles. The number of carboxylic acids is 1. The molecule has 1 aliphatic rings. The fraction of sp³-hybridized carbons (Fsp3) is 0.923. The first-order valence-corrected chi connectivity index (χ1v) is 6.66. The zero-order valence-electron chi connectivity index (χ0n) is 11.1. The van der Waals surface area contributed by atoms with Crippen molar-refractivity contribution in [1.82, 2.24) is 4.90 Å². The third-order valence-corrected chi connectivity index (χ3v) is 3.89. The van der Waals surface area contributed by atoms with Gasteiger partial charge in [-0.3, -0.25) is 4.79 Å². The quantitative estimate of drug-likeness (QED) is 0.668.